The van der Waals surface area contributed by atoms with E-state index in [4.69, 9.17) is 0 Å². The predicted molar refractivity (Wildman–Crippen MR) is 55.1 cm³/mol. The maximum Gasteiger partial charge on any atom is 0.433 e. The molecule has 1 rings (SSSR count). The number of anilines is 1. The normalized spacial score (nSPS) is 11.3. The first-order valence-corrected chi connectivity index (χ1v) is 4.56. The Morgan fingerprint density at radius 1 is 1.50 bits per heavy atom. The molecule has 0 saturated heterocycles. The molecular weight excluding hydrogens is 219 g/mol. The molecule has 1 aromatic heterocycles. The molecule has 88 valence electrons. The molecule has 0 aliphatic heterocycles. The fraction of sp³-hybridized carbons (Fsp3) is 0.400. The average Bonchev–Trinajstić information content (AvgIpc) is 2.15. The third-order valence-corrected chi connectivity index (χ3v) is 1.78. The fourth-order valence-corrected chi connectivity index (χ4v) is 1.17. The molecule has 3 nitrogen and oxygen atoms in total. The smallest absolute Gasteiger partial charge is 0.340 e. The summed E-state index contributed by atoms with van der Waals surface area (Å²) in [5, 5.41) is 0. The molecule has 0 aliphatic carbocycles. The standard InChI is InChI=1S/C10H12F3N3/c1-7(2)6-16(3)9-14-5-4-8(15-9)10(11,12)13/h4-5H,1,6H2,2-3H3. The van der Waals surface area contributed by atoms with Crippen molar-refractivity contribution in [3.8, 4) is 0 Å². The Labute approximate surface area is 91.6 Å². The van der Waals surface area contributed by atoms with E-state index in [1.165, 1.54) is 4.90 Å². The zero-order valence-corrected chi connectivity index (χ0v) is 9.04. The van der Waals surface area contributed by atoms with E-state index < -0.39 is 11.9 Å². The van der Waals surface area contributed by atoms with Gasteiger partial charge in [0, 0.05) is 19.8 Å². The number of hydrogen-bond donors (Lipinski definition) is 0. The number of halogens is 3. The SMILES string of the molecule is C=C(C)CN(C)c1nccc(C(F)(F)F)n1. The van der Waals surface area contributed by atoms with Gasteiger partial charge in [0.1, 0.15) is 5.69 Å². The molecule has 0 aliphatic rings. The second-order valence-corrected chi connectivity index (χ2v) is 3.55. The van der Waals surface area contributed by atoms with Gasteiger partial charge in [-0.15, -0.1) is 0 Å². The highest BCUT2D eigenvalue weighted by molar-refractivity contribution is 5.31. The molecule has 0 atom stereocenters. The van der Waals surface area contributed by atoms with E-state index in [-0.39, 0.29) is 5.95 Å². The third-order valence-electron chi connectivity index (χ3n) is 1.78. The molecule has 1 aromatic rings. The lowest BCUT2D eigenvalue weighted by atomic mass is 10.3. The Morgan fingerprint density at radius 2 is 2.12 bits per heavy atom. The molecule has 6 heteroatoms. The van der Waals surface area contributed by atoms with Gasteiger partial charge in [0.25, 0.3) is 0 Å². The zero-order chi connectivity index (χ0) is 12.3. The molecule has 0 bridgehead atoms. The number of aromatic nitrogens is 2. The second kappa shape index (κ2) is 4.51. The van der Waals surface area contributed by atoms with E-state index in [9.17, 15) is 13.2 Å². The van der Waals surface area contributed by atoms with Crippen LogP contribution in [-0.2, 0) is 6.18 Å². The van der Waals surface area contributed by atoms with E-state index >= 15 is 0 Å². The number of nitrogens with zero attached hydrogens (tertiary/aromatic N) is 3. The van der Waals surface area contributed by atoms with Crippen molar-refractivity contribution in [3.63, 3.8) is 0 Å². The van der Waals surface area contributed by atoms with E-state index in [1.807, 2.05) is 0 Å². The number of alkyl halides is 3. The molecule has 16 heavy (non-hydrogen) atoms. The van der Waals surface area contributed by atoms with Gasteiger partial charge in [-0.3, -0.25) is 0 Å². The molecular formula is C10H12F3N3. The summed E-state index contributed by atoms with van der Waals surface area (Å²) in [4.78, 5) is 8.74. The molecule has 0 aromatic carbocycles. The van der Waals surface area contributed by atoms with Crippen molar-refractivity contribution >= 4 is 5.95 Å². The quantitative estimate of drug-likeness (QED) is 0.748. The highest BCUT2D eigenvalue weighted by Gasteiger charge is 2.33. The van der Waals surface area contributed by atoms with Gasteiger partial charge in [0.15, 0.2) is 0 Å². The molecule has 1 heterocycles. The van der Waals surface area contributed by atoms with Crippen molar-refractivity contribution in [2.24, 2.45) is 0 Å². The van der Waals surface area contributed by atoms with Gasteiger partial charge in [-0.05, 0) is 13.0 Å². The minimum atomic E-state index is -4.44. The minimum Gasteiger partial charge on any atom is -0.340 e. The topological polar surface area (TPSA) is 29.0 Å². The Bertz CT molecular complexity index is 387. The summed E-state index contributed by atoms with van der Waals surface area (Å²) in [5.74, 6) is 0.0397. The zero-order valence-electron chi connectivity index (χ0n) is 9.04. The summed E-state index contributed by atoms with van der Waals surface area (Å²) >= 11 is 0. The van der Waals surface area contributed by atoms with Crippen LogP contribution in [0.3, 0.4) is 0 Å². The Balaban J connectivity index is 2.94. The number of likely N-dealkylation sites (N-methyl/N-ethyl adjacent to an activating group) is 1. The Morgan fingerprint density at radius 3 is 2.62 bits per heavy atom. The fourth-order valence-electron chi connectivity index (χ4n) is 1.17. The monoisotopic (exact) mass is 231 g/mol. The predicted octanol–water partition coefficient (Wildman–Crippen LogP) is 2.51. The van der Waals surface area contributed by atoms with Crippen LogP contribution in [0.15, 0.2) is 24.4 Å². The van der Waals surface area contributed by atoms with E-state index in [1.54, 1.807) is 14.0 Å². The van der Waals surface area contributed by atoms with Crippen molar-refractivity contribution in [3.05, 3.63) is 30.1 Å². The number of hydrogen-bond acceptors (Lipinski definition) is 3. The van der Waals surface area contributed by atoms with Crippen LogP contribution in [0.2, 0.25) is 0 Å². The second-order valence-electron chi connectivity index (χ2n) is 3.55. The van der Waals surface area contributed by atoms with Crippen molar-refractivity contribution in [2.75, 3.05) is 18.5 Å². The summed E-state index contributed by atoms with van der Waals surface area (Å²) in [7, 11) is 1.62. The van der Waals surface area contributed by atoms with Gasteiger partial charge in [0.05, 0.1) is 0 Å². The molecule has 0 N–H and O–H groups in total. The number of rotatable bonds is 3. The van der Waals surface area contributed by atoms with Crippen molar-refractivity contribution in [1.29, 1.82) is 0 Å². The van der Waals surface area contributed by atoms with Crippen molar-refractivity contribution in [2.45, 2.75) is 13.1 Å². The van der Waals surface area contributed by atoms with E-state index in [0.29, 0.717) is 6.54 Å². The maximum atomic E-state index is 12.4. The molecule has 0 saturated carbocycles. The summed E-state index contributed by atoms with van der Waals surface area (Å²) < 4.78 is 37.1. The molecule has 0 spiro atoms. The van der Waals surface area contributed by atoms with Gasteiger partial charge in [0.2, 0.25) is 5.95 Å². The van der Waals surface area contributed by atoms with Crippen LogP contribution >= 0.6 is 0 Å². The largest absolute Gasteiger partial charge is 0.433 e. The first kappa shape index (κ1) is 12.5. The van der Waals surface area contributed by atoms with Gasteiger partial charge < -0.3 is 4.90 Å². The van der Waals surface area contributed by atoms with Crippen LogP contribution in [0.25, 0.3) is 0 Å². The van der Waals surface area contributed by atoms with Crippen molar-refractivity contribution < 1.29 is 13.2 Å². The molecule has 0 radical (unpaired) electrons. The lowest BCUT2D eigenvalue weighted by Crippen LogP contribution is -2.22. The van der Waals surface area contributed by atoms with Gasteiger partial charge >= 0.3 is 6.18 Å². The molecule has 0 amide bonds. The van der Waals surface area contributed by atoms with Gasteiger partial charge in [-0.2, -0.15) is 13.2 Å². The summed E-state index contributed by atoms with van der Waals surface area (Å²) in [6, 6.07) is 0.845. The third kappa shape index (κ3) is 3.22. The van der Waals surface area contributed by atoms with Crippen LogP contribution in [0.5, 0.6) is 0 Å². The van der Waals surface area contributed by atoms with Crippen LogP contribution < -0.4 is 4.90 Å². The lowest BCUT2D eigenvalue weighted by Gasteiger charge is -2.17. The van der Waals surface area contributed by atoms with E-state index in [0.717, 1.165) is 17.8 Å². The summed E-state index contributed by atoms with van der Waals surface area (Å²) in [5.41, 5.74) is -0.116. The summed E-state index contributed by atoms with van der Waals surface area (Å²) in [6.45, 7) is 5.87. The van der Waals surface area contributed by atoms with Crippen LogP contribution in [0, 0.1) is 0 Å². The first-order chi connectivity index (χ1) is 7.30. The van der Waals surface area contributed by atoms with Crippen LogP contribution in [-0.4, -0.2) is 23.6 Å². The lowest BCUT2D eigenvalue weighted by molar-refractivity contribution is -0.141. The van der Waals surface area contributed by atoms with E-state index in [2.05, 4.69) is 16.5 Å². The van der Waals surface area contributed by atoms with Crippen molar-refractivity contribution in [1.82, 2.24) is 9.97 Å². The average molecular weight is 231 g/mol. The van der Waals surface area contributed by atoms with Crippen LogP contribution in [0.1, 0.15) is 12.6 Å². The minimum absolute atomic E-state index is 0.0397. The molecule has 0 unspecified atom stereocenters. The van der Waals surface area contributed by atoms with Gasteiger partial charge in [-0.25, -0.2) is 9.97 Å². The maximum absolute atomic E-state index is 12.4. The Kier molecular flexibility index (Phi) is 3.51. The highest BCUT2D eigenvalue weighted by atomic mass is 19.4. The Hall–Kier alpha value is -1.59. The summed E-state index contributed by atoms with van der Waals surface area (Å²) in [6.07, 6.45) is -3.35. The molecule has 0 fully saturated rings. The highest BCUT2D eigenvalue weighted by Crippen LogP contribution is 2.27. The first-order valence-electron chi connectivity index (χ1n) is 4.56. The van der Waals surface area contributed by atoms with Gasteiger partial charge in [-0.1, -0.05) is 12.2 Å². The van der Waals surface area contributed by atoms with Crippen LogP contribution in [0.4, 0.5) is 19.1 Å².